The lowest BCUT2D eigenvalue weighted by molar-refractivity contribution is -0.127. The van der Waals surface area contributed by atoms with Gasteiger partial charge < -0.3 is 10.1 Å². The van der Waals surface area contributed by atoms with E-state index in [9.17, 15) is 4.79 Å². The van der Waals surface area contributed by atoms with Gasteiger partial charge in [0.25, 0.3) is 5.91 Å². The number of carbonyl (C=O) groups is 1. The Morgan fingerprint density at radius 2 is 1.86 bits per heavy atom. The third-order valence-corrected chi connectivity index (χ3v) is 5.99. The molecule has 3 nitrogen and oxygen atoms in total. The number of hydrogen-bond acceptors (Lipinski definition) is 3. The van der Waals surface area contributed by atoms with Crippen LogP contribution in [0.3, 0.4) is 0 Å². The van der Waals surface area contributed by atoms with E-state index in [2.05, 4.69) is 5.32 Å². The monoisotopic (exact) mass is 433 g/mol. The molecule has 0 saturated carbocycles. The number of hydrogen-bond donors (Lipinski definition) is 1. The SMILES string of the molecule is CC(Oc1cccc2ccccc12)C(=O)NCCSCc1ccc(Cl)c(Cl)c1. The lowest BCUT2D eigenvalue weighted by Crippen LogP contribution is -2.37. The second kappa shape index (κ2) is 10.1. The standard InChI is InChI=1S/C22H21Cl2NO2S/c1-15(27-21-8-4-6-17-5-2-3-7-18(17)21)22(26)25-11-12-28-14-16-9-10-19(23)20(24)13-16/h2-10,13,15H,11-12,14H2,1H3,(H,25,26). The van der Waals surface area contributed by atoms with Crippen LogP contribution in [0.4, 0.5) is 0 Å². The van der Waals surface area contributed by atoms with E-state index in [4.69, 9.17) is 27.9 Å². The zero-order valence-corrected chi connectivity index (χ0v) is 17.8. The van der Waals surface area contributed by atoms with Gasteiger partial charge in [0.1, 0.15) is 5.75 Å². The molecule has 0 heterocycles. The van der Waals surface area contributed by atoms with Crippen molar-refractivity contribution in [3.63, 3.8) is 0 Å². The highest BCUT2D eigenvalue weighted by molar-refractivity contribution is 7.98. The van der Waals surface area contributed by atoms with Crippen LogP contribution in [0.1, 0.15) is 12.5 Å². The average Bonchev–Trinajstić information content (AvgIpc) is 2.70. The van der Waals surface area contributed by atoms with Crippen molar-refractivity contribution >= 4 is 51.6 Å². The predicted octanol–water partition coefficient (Wildman–Crippen LogP) is 5.96. The number of benzene rings is 3. The molecule has 0 aliphatic rings. The Labute approximate surface area is 179 Å². The highest BCUT2D eigenvalue weighted by Crippen LogP contribution is 2.26. The van der Waals surface area contributed by atoms with Crippen molar-refractivity contribution in [3.8, 4) is 5.75 Å². The van der Waals surface area contributed by atoms with Crippen molar-refractivity contribution in [1.82, 2.24) is 5.32 Å². The van der Waals surface area contributed by atoms with E-state index in [0.717, 1.165) is 33.6 Å². The largest absolute Gasteiger partial charge is 0.480 e. The molecule has 3 aromatic rings. The van der Waals surface area contributed by atoms with Gasteiger partial charge in [-0.2, -0.15) is 11.8 Å². The van der Waals surface area contributed by atoms with Crippen LogP contribution >= 0.6 is 35.0 Å². The first-order chi connectivity index (χ1) is 13.5. The molecule has 0 fully saturated rings. The molecule has 1 amide bonds. The summed E-state index contributed by atoms with van der Waals surface area (Å²) in [5.74, 6) is 2.21. The number of fused-ring (bicyclic) bond motifs is 1. The Bertz CT molecular complexity index is 959. The minimum Gasteiger partial charge on any atom is -0.480 e. The first kappa shape index (κ1) is 20.8. The predicted molar refractivity (Wildman–Crippen MR) is 120 cm³/mol. The summed E-state index contributed by atoms with van der Waals surface area (Å²) in [6.07, 6.45) is -0.564. The van der Waals surface area contributed by atoms with Gasteiger partial charge in [0, 0.05) is 23.4 Å². The van der Waals surface area contributed by atoms with Crippen molar-refractivity contribution in [2.45, 2.75) is 18.8 Å². The normalized spacial score (nSPS) is 12.0. The molecule has 3 aromatic carbocycles. The maximum atomic E-state index is 12.3. The van der Waals surface area contributed by atoms with Crippen LogP contribution in [-0.4, -0.2) is 24.3 Å². The van der Waals surface area contributed by atoms with Crippen molar-refractivity contribution < 1.29 is 9.53 Å². The maximum Gasteiger partial charge on any atom is 0.260 e. The number of carbonyl (C=O) groups excluding carboxylic acids is 1. The molecule has 0 radical (unpaired) electrons. The molecule has 3 rings (SSSR count). The number of nitrogens with one attached hydrogen (secondary N) is 1. The van der Waals surface area contributed by atoms with Gasteiger partial charge in [-0.25, -0.2) is 0 Å². The summed E-state index contributed by atoms with van der Waals surface area (Å²) in [5.41, 5.74) is 1.11. The fraction of sp³-hybridized carbons (Fsp3) is 0.227. The highest BCUT2D eigenvalue weighted by atomic mass is 35.5. The van der Waals surface area contributed by atoms with Gasteiger partial charge >= 0.3 is 0 Å². The zero-order chi connectivity index (χ0) is 19.9. The summed E-state index contributed by atoms with van der Waals surface area (Å²) >= 11 is 13.7. The van der Waals surface area contributed by atoms with E-state index in [1.807, 2.05) is 54.6 Å². The highest BCUT2D eigenvalue weighted by Gasteiger charge is 2.15. The molecular weight excluding hydrogens is 413 g/mol. The van der Waals surface area contributed by atoms with E-state index in [1.165, 1.54) is 0 Å². The minimum absolute atomic E-state index is 0.122. The van der Waals surface area contributed by atoms with Crippen LogP contribution in [0.2, 0.25) is 10.0 Å². The van der Waals surface area contributed by atoms with Crippen LogP contribution in [0, 0.1) is 0 Å². The Morgan fingerprint density at radius 3 is 2.68 bits per heavy atom. The van der Waals surface area contributed by atoms with Crippen LogP contribution in [0.15, 0.2) is 60.7 Å². The second-order valence-corrected chi connectivity index (χ2v) is 8.25. The average molecular weight is 434 g/mol. The number of thioether (sulfide) groups is 1. The van der Waals surface area contributed by atoms with Gasteiger partial charge in [-0.15, -0.1) is 0 Å². The molecular formula is C22H21Cl2NO2S. The van der Waals surface area contributed by atoms with Crippen molar-refractivity contribution in [3.05, 3.63) is 76.3 Å². The Kier molecular flexibility index (Phi) is 7.49. The number of ether oxygens (including phenoxy) is 1. The third kappa shape index (κ3) is 5.57. The van der Waals surface area contributed by atoms with Crippen LogP contribution in [0.5, 0.6) is 5.75 Å². The molecule has 6 heteroatoms. The van der Waals surface area contributed by atoms with Crippen molar-refractivity contribution in [1.29, 1.82) is 0 Å². The number of amides is 1. The lowest BCUT2D eigenvalue weighted by atomic mass is 10.1. The summed E-state index contributed by atoms with van der Waals surface area (Å²) < 4.78 is 5.89. The molecule has 146 valence electrons. The van der Waals surface area contributed by atoms with Crippen LogP contribution in [0.25, 0.3) is 10.8 Å². The molecule has 0 aliphatic carbocycles. The topological polar surface area (TPSA) is 38.3 Å². The molecule has 1 N–H and O–H groups in total. The van der Waals surface area contributed by atoms with Gasteiger partial charge in [0.2, 0.25) is 0 Å². The summed E-state index contributed by atoms with van der Waals surface area (Å²) in [4.78, 5) is 12.3. The summed E-state index contributed by atoms with van der Waals surface area (Å²) in [6, 6.07) is 19.4. The molecule has 1 atom stereocenters. The van der Waals surface area contributed by atoms with Gasteiger partial charge in [-0.05, 0) is 36.1 Å². The van der Waals surface area contributed by atoms with Crippen LogP contribution < -0.4 is 10.1 Å². The van der Waals surface area contributed by atoms with Gasteiger partial charge in [0.05, 0.1) is 10.0 Å². The van der Waals surface area contributed by atoms with Crippen LogP contribution in [-0.2, 0) is 10.5 Å². The Hall–Kier alpha value is -1.88. The van der Waals surface area contributed by atoms with Gasteiger partial charge in [-0.1, -0.05) is 65.7 Å². The van der Waals surface area contributed by atoms with Gasteiger partial charge in [0.15, 0.2) is 6.10 Å². The molecule has 0 aromatic heterocycles. The van der Waals surface area contributed by atoms with E-state index in [0.29, 0.717) is 16.6 Å². The number of halogens is 2. The molecule has 0 bridgehead atoms. The smallest absolute Gasteiger partial charge is 0.260 e. The summed E-state index contributed by atoms with van der Waals surface area (Å²) in [5, 5.41) is 6.14. The zero-order valence-electron chi connectivity index (χ0n) is 15.5. The summed E-state index contributed by atoms with van der Waals surface area (Å²) in [7, 11) is 0. The molecule has 0 saturated heterocycles. The third-order valence-electron chi connectivity index (χ3n) is 4.22. The first-order valence-corrected chi connectivity index (χ1v) is 10.9. The second-order valence-electron chi connectivity index (χ2n) is 6.33. The molecule has 1 unspecified atom stereocenters. The van der Waals surface area contributed by atoms with E-state index in [-0.39, 0.29) is 5.91 Å². The molecule has 28 heavy (non-hydrogen) atoms. The fourth-order valence-corrected chi connectivity index (χ4v) is 3.88. The molecule has 0 aliphatic heterocycles. The Morgan fingerprint density at radius 1 is 1.07 bits per heavy atom. The summed E-state index contributed by atoms with van der Waals surface area (Å²) in [6.45, 7) is 2.34. The fourth-order valence-electron chi connectivity index (χ4n) is 2.75. The Balaban J connectivity index is 1.43. The van der Waals surface area contributed by atoms with Gasteiger partial charge in [-0.3, -0.25) is 4.79 Å². The minimum atomic E-state index is -0.564. The van der Waals surface area contributed by atoms with Crippen molar-refractivity contribution in [2.75, 3.05) is 12.3 Å². The van der Waals surface area contributed by atoms with E-state index >= 15 is 0 Å². The van der Waals surface area contributed by atoms with Crippen molar-refractivity contribution in [2.24, 2.45) is 0 Å². The molecule has 0 spiro atoms. The lowest BCUT2D eigenvalue weighted by Gasteiger charge is -2.16. The maximum absolute atomic E-state index is 12.3. The quantitative estimate of drug-likeness (QED) is 0.445. The first-order valence-electron chi connectivity index (χ1n) is 8.98. The van der Waals surface area contributed by atoms with E-state index < -0.39 is 6.10 Å². The number of rotatable bonds is 8. The van der Waals surface area contributed by atoms with E-state index in [1.54, 1.807) is 24.8 Å².